The van der Waals surface area contributed by atoms with Crippen molar-refractivity contribution < 1.29 is 9.50 Å². The maximum atomic E-state index is 13.8. The first-order valence-electron chi connectivity index (χ1n) is 6.58. The maximum Gasteiger partial charge on any atom is 0.328 e. The van der Waals surface area contributed by atoms with Crippen molar-refractivity contribution in [3.8, 4) is 0 Å². The minimum absolute atomic E-state index is 0.137. The number of aliphatic hydroxyl groups excluding tert-OH is 1. The Morgan fingerprint density at radius 2 is 1.71 bits per heavy atom. The number of imidazole rings is 1. The molecule has 0 spiro atoms. The van der Waals surface area contributed by atoms with Gasteiger partial charge in [-0.2, -0.15) is 0 Å². The SMILES string of the molecule is Cn1c(=O)n(C)c2cc(C(O)c3ccccc3F)ccc21. The second-order valence-electron chi connectivity index (χ2n) is 5.07. The zero-order valence-corrected chi connectivity index (χ0v) is 11.7. The van der Waals surface area contributed by atoms with E-state index in [9.17, 15) is 14.3 Å². The summed E-state index contributed by atoms with van der Waals surface area (Å²) in [5.41, 5.74) is 2.11. The minimum atomic E-state index is -1.06. The van der Waals surface area contributed by atoms with Gasteiger partial charge in [-0.05, 0) is 23.8 Å². The molecule has 1 atom stereocenters. The van der Waals surface area contributed by atoms with Crippen LogP contribution in [0.4, 0.5) is 4.39 Å². The van der Waals surface area contributed by atoms with E-state index in [-0.39, 0.29) is 11.3 Å². The molecule has 21 heavy (non-hydrogen) atoms. The van der Waals surface area contributed by atoms with Crippen LogP contribution in [0.1, 0.15) is 17.2 Å². The number of nitrogens with zero attached hydrogens (tertiary/aromatic N) is 2. The van der Waals surface area contributed by atoms with Crippen molar-refractivity contribution in [2.45, 2.75) is 6.10 Å². The molecule has 3 rings (SSSR count). The van der Waals surface area contributed by atoms with Gasteiger partial charge in [0.1, 0.15) is 11.9 Å². The smallest absolute Gasteiger partial charge is 0.328 e. The molecule has 1 heterocycles. The highest BCUT2D eigenvalue weighted by Crippen LogP contribution is 2.26. The lowest BCUT2D eigenvalue weighted by Gasteiger charge is -2.12. The third kappa shape index (κ3) is 2.06. The van der Waals surface area contributed by atoms with Gasteiger partial charge in [-0.15, -0.1) is 0 Å². The topological polar surface area (TPSA) is 47.2 Å². The molecule has 2 aromatic carbocycles. The Hall–Kier alpha value is -2.40. The van der Waals surface area contributed by atoms with E-state index >= 15 is 0 Å². The van der Waals surface area contributed by atoms with Crippen molar-refractivity contribution in [3.05, 3.63) is 69.9 Å². The molecule has 3 aromatic rings. The molecule has 1 unspecified atom stereocenters. The number of aliphatic hydroxyl groups is 1. The highest BCUT2D eigenvalue weighted by atomic mass is 19.1. The Balaban J connectivity index is 2.16. The van der Waals surface area contributed by atoms with Gasteiger partial charge in [0.05, 0.1) is 11.0 Å². The molecule has 0 aliphatic heterocycles. The first-order chi connectivity index (χ1) is 10.0. The Labute approximate surface area is 120 Å². The molecule has 0 saturated heterocycles. The second-order valence-corrected chi connectivity index (χ2v) is 5.07. The van der Waals surface area contributed by atoms with Crippen molar-refractivity contribution in [1.82, 2.24) is 9.13 Å². The molecule has 5 heteroatoms. The molecule has 0 aliphatic carbocycles. The molecule has 0 radical (unpaired) electrons. The number of fused-ring (bicyclic) bond motifs is 1. The quantitative estimate of drug-likeness (QED) is 0.784. The van der Waals surface area contributed by atoms with Gasteiger partial charge in [0.25, 0.3) is 0 Å². The normalized spacial score (nSPS) is 12.8. The van der Waals surface area contributed by atoms with E-state index in [1.54, 1.807) is 50.5 Å². The summed E-state index contributed by atoms with van der Waals surface area (Å²) in [4.78, 5) is 11.9. The monoisotopic (exact) mass is 286 g/mol. The lowest BCUT2D eigenvalue weighted by atomic mass is 10.0. The van der Waals surface area contributed by atoms with E-state index in [1.807, 2.05) is 0 Å². The van der Waals surface area contributed by atoms with E-state index in [1.165, 1.54) is 15.2 Å². The standard InChI is InChI=1S/C16H15FN2O2/c1-18-13-8-7-10(9-14(13)19(2)16(18)21)15(20)11-5-3-4-6-12(11)17/h3-9,15,20H,1-2H3. The molecular weight excluding hydrogens is 271 g/mol. The Kier molecular flexibility index (Phi) is 3.14. The molecule has 1 N–H and O–H groups in total. The molecule has 0 fully saturated rings. The van der Waals surface area contributed by atoms with E-state index < -0.39 is 11.9 Å². The van der Waals surface area contributed by atoms with E-state index in [4.69, 9.17) is 0 Å². The summed E-state index contributed by atoms with van der Waals surface area (Å²) in [6.45, 7) is 0. The number of halogens is 1. The van der Waals surface area contributed by atoms with Gasteiger partial charge in [-0.3, -0.25) is 9.13 Å². The largest absolute Gasteiger partial charge is 0.384 e. The fraction of sp³-hybridized carbons (Fsp3) is 0.188. The van der Waals surface area contributed by atoms with Crippen molar-refractivity contribution >= 4 is 11.0 Å². The molecule has 1 aromatic heterocycles. The van der Waals surface area contributed by atoms with Crippen molar-refractivity contribution in [1.29, 1.82) is 0 Å². The predicted octanol–water partition coefficient (Wildman–Crippen LogP) is 2.10. The van der Waals surface area contributed by atoms with Crippen LogP contribution in [0.2, 0.25) is 0 Å². The molecule has 0 amide bonds. The lowest BCUT2D eigenvalue weighted by molar-refractivity contribution is 0.215. The number of benzene rings is 2. The Morgan fingerprint density at radius 3 is 2.43 bits per heavy atom. The van der Waals surface area contributed by atoms with Crippen LogP contribution in [0, 0.1) is 5.82 Å². The first kappa shape index (κ1) is 13.6. The van der Waals surface area contributed by atoms with Crippen LogP contribution in [-0.2, 0) is 14.1 Å². The highest BCUT2D eigenvalue weighted by Gasteiger charge is 2.16. The van der Waals surface area contributed by atoms with E-state index in [0.29, 0.717) is 11.1 Å². The molecular formula is C16H15FN2O2. The third-order valence-electron chi connectivity index (χ3n) is 3.81. The van der Waals surface area contributed by atoms with Crippen LogP contribution in [0.25, 0.3) is 11.0 Å². The summed E-state index contributed by atoms with van der Waals surface area (Å²) >= 11 is 0. The van der Waals surface area contributed by atoms with Crippen LogP contribution in [0.3, 0.4) is 0 Å². The summed E-state index contributed by atoms with van der Waals surface area (Å²) in [6.07, 6.45) is -1.06. The maximum absolute atomic E-state index is 13.8. The van der Waals surface area contributed by atoms with E-state index in [0.717, 1.165) is 5.52 Å². The minimum Gasteiger partial charge on any atom is -0.384 e. The van der Waals surface area contributed by atoms with Gasteiger partial charge in [-0.25, -0.2) is 9.18 Å². The van der Waals surface area contributed by atoms with Gasteiger partial charge in [-0.1, -0.05) is 24.3 Å². The molecule has 0 aliphatic rings. The molecule has 4 nitrogen and oxygen atoms in total. The van der Waals surface area contributed by atoms with Crippen molar-refractivity contribution in [3.63, 3.8) is 0 Å². The zero-order valence-electron chi connectivity index (χ0n) is 11.7. The fourth-order valence-electron chi connectivity index (χ4n) is 2.57. The zero-order chi connectivity index (χ0) is 15.1. The summed E-state index contributed by atoms with van der Waals surface area (Å²) in [6, 6.07) is 11.3. The van der Waals surface area contributed by atoms with Gasteiger partial charge in [0, 0.05) is 19.7 Å². The number of aromatic nitrogens is 2. The Morgan fingerprint density at radius 1 is 1.05 bits per heavy atom. The first-order valence-corrected chi connectivity index (χ1v) is 6.58. The van der Waals surface area contributed by atoms with Crippen molar-refractivity contribution in [2.24, 2.45) is 14.1 Å². The van der Waals surface area contributed by atoms with Gasteiger partial charge in [0.2, 0.25) is 0 Å². The summed E-state index contributed by atoms with van der Waals surface area (Å²) in [5.74, 6) is -0.452. The molecule has 0 bridgehead atoms. The number of aryl methyl sites for hydroxylation is 2. The predicted molar refractivity (Wildman–Crippen MR) is 78.6 cm³/mol. The molecule has 108 valence electrons. The lowest BCUT2D eigenvalue weighted by Crippen LogP contribution is -2.19. The molecule has 0 saturated carbocycles. The van der Waals surface area contributed by atoms with Gasteiger partial charge < -0.3 is 5.11 Å². The average molecular weight is 286 g/mol. The number of hydrogen-bond acceptors (Lipinski definition) is 2. The summed E-state index contributed by atoms with van der Waals surface area (Å²) in [7, 11) is 3.36. The Bertz CT molecular complexity index is 880. The van der Waals surface area contributed by atoms with Crippen LogP contribution >= 0.6 is 0 Å². The average Bonchev–Trinajstić information content (AvgIpc) is 2.71. The van der Waals surface area contributed by atoms with Crippen LogP contribution in [0.5, 0.6) is 0 Å². The van der Waals surface area contributed by atoms with Gasteiger partial charge in [0.15, 0.2) is 0 Å². The van der Waals surface area contributed by atoms with Crippen LogP contribution in [0.15, 0.2) is 47.3 Å². The van der Waals surface area contributed by atoms with E-state index in [2.05, 4.69) is 0 Å². The van der Waals surface area contributed by atoms with Crippen LogP contribution < -0.4 is 5.69 Å². The van der Waals surface area contributed by atoms with Crippen molar-refractivity contribution in [2.75, 3.05) is 0 Å². The number of hydrogen-bond donors (Lipinski definition) is 1. The fourth-order valence-corrected chi connectivity index (χ4v) is 2.57. The third-order valence-corrected chi connectivity index (χ3v) is 3.81. The van der Waals surface area contributed by atoms with Gasteiger partial charge >= 0.3 is 5.69 Å². The second kappa shape index (κ2) is 4.86. The number of rotatable bonds is 2. The van der Waals surface area contributed by atoms with Crippen LogP contribution in [-0.4, -0.2) is 14.2 Å². The highest BCUT2D eigenvalue weighted by molar-refractivity contribution is 5.77. The summed E-state index contributed by atoms with van der Waals surface area (Å²) < 4.78 is 16.8. The summed E-state index contributed by atoms with van der Waals surface area (Å²) in [5, 5.41) is 10.4.